The Kier molecular flexibility index (Phi) is 29.1. The summed E-state index contributed by atoms with van der Waals surface area (Å²) < 4.78 is 9.58. The predicted octanol–water partition coefficient (Wildman–Crippen LogP) is -0.496. The summed E-state index contributed by atoms with van der Waals surface area (Å²) in [4.78, 5) is 10.2. The van der Waals surface area contributed by atoms with Gasteiger partial charge in [-0.2, -0.15) is 0 Å². The first-order valence-electron chi connectivity index (χ1n) is 8.02. The minimum absolute atomic E-state index is 0. The standard InChI is InChI=1S/C7H16O2.C5H8O2.C4H8O.CH3.BrH.Mg/c1-7(2,9)5-3-4-6-8;6-5-3-1-2-4-7-5;1-2-4-5-3-1;;;/h8-9H,3-6H2,1-2H3;1-4H2;1-4H2;1H3;1H;/q;;;-1;;+2/p-1. The van der Waals surface area contributed by atoms with Crippen molar-refractivity contribution in [2.24, 2.45) is 0 Å². The van der Waals surface area contributed by atoms with Crippen LogP contribution in [0.2, 0.25) is 0 Å². The number of esters is 1. The number of hydrogen-bond acceptors (Lipinski definition) is 5. The van der Waals surface area contributed by atoms with Gasteiger partial charge in [0.15, 0.2) is 0 Å². The largest absolute Gasteiger partial charge is 2.00 e. The molecule has 2 N–H and O–H groups in total. The molecule has 0 aromatic carbocycles. The van der Waals surface area contributed by atoms with E-state index in [0.717, 1.165) is 45.3 Å². The Balaban J connectivity index is -0.000000121. The normalized spacial score (nSPS) is 15.8. The van der Waals surface area contributed by atoms with Gasteiger partial charge in [-0.1, -0.05) is 0 Å². The third-order valence-corrected chi connectivity index (χ3v) is 3.06. The van der Waals surface area contributed by atoms with Gasteiger partial charge in [0.2, 0.25) is 0 Å². The van der Waals surface area contributed by atoms with Crippen molar-refractivity contribution < 1.29 is 41.5 Å². The number of carbonyl (C=O) groups is 1. The predicted molar refractivity (Wildman–Crippen MR) is 94.3 cm³/mol. The third-order valence-electron chi connectivity index (χ3n) is 3.06. The Hall–Kier alpha value is 0.596. The van der Waals surface area contributed by atoms with Crippen molar-refractivity contribution in [1.82, 2.24) is 0 Å². The fourth-order valence-corrected chi connectivity index (χ4v) is 1.81. The molecular formula is C17H35BrMgO5. The number of aliphatic hydroxyl groups is 2. The van der Waals surface area contributed by atoms with E-state index in [4.69, 9.17) is 14.9 Å². The van der Waals surface area contributed by atoms with E-state index in [-0.39, 0.29) is 60.0 Å². The smallest absolute Gasteiger partial charge is 1.00 e. The molecule has 142 valence electrons. The summed E-state index contributed by atoms with van der Waals surface area (Å²) in [5.41, 5.74) is -0.560. The molecular weight excluding hydrogens is 388 g/mol. The average molecular weight is 424 g/mol. The molecule has 0 aliphatic carbocycles. The molecule has 2 rings (SSSR count). The average Bonchev–Trinajstić information content (AvgIpc) is 2.98. The van der Waals surface area contributed by atoms with Crippen molar-refractivity contribution in [2.75, 3.05) is 26.4 Å². The number of aliphatic hydroxyl groups excluding tert-OH is 1. The van der Waals surface area contributed by atoms with Crippen molar-refractivity contribution in [3.05, 3.63) is 7.43 Å². The van der Waals surface area contributed by atoms with Gasteiger partial charge in [-0.25, -0.2) is 0 Å². The van der Waals surface area contributed by atoms with Crippen LogP contribution in [0.15, 0.2) is 0 Å². The SMILES string of the molecule is C1CCOC1.CC(C)(O)CCCCO.O=C1CCCCO1.[Br-].[CH3-].[Mg+2]. The molecule has 24 heavy (non-hydrogen) atoms. The molecule has 2 aliphatic heterocycles. The van der Waals surface area contributed by atoms with E-state index in [2.05, 4.69) is 4.74 Å². The van der Waals surface area contributed by atoms with Crippen LogP contribution in [0, 0.1) is 7.43 Å². The number of unbranched alkanes of at least 4 members (excludes halogenated alkanes) is 1. The monoisotopic (exact) mass is 422 g/mol. The molecule has 0 aromatic heterocycles. The Morgan fingerprint density at radius 1 is 1.04 bits per heavy atom. The zero-order valence-electron chi connectivity index (χ0n) is 15.7. The third kappa shape index (κ3) is 27.4. The van der Waals surface area contributed by atoms with E-state index in [1.54, 1.807) is 13.8 Å². The van der Waals surface area contributed by atoms with Gasteiger partial charge in [-0.3, -0.25) is 4.79 Å². The van der Waals surface area contributed by atoms with E-state index >= 15 is 0 Å². The van der Waals surface area contributed by atoms with Crippen LogP contribution >= 0.6 is 0 Å². The molecule has 0 unspecified atom stereocenters. The first-order valence-corrected chi connectivity index (χ1v) is 8.02. The van der Waals surface area contributed by atoms with Gasteiger partial charge < -0.3 is 44.1 Å². The van der Waals surface area contributed by atoms with Crippen molar-refractivity contribution in [3.8, 4) is 0 Å². The number of hydrogen-bond donors (Lipinski definition) is 2. The number of halogens is 1. The molecule has 0 bridgehead atoms. The van der Waals surface area contributed by atoms with Gasteiger partial charge >= 0.3 is 29.0 Å². The van der Waals surface area contributed by atoms with E-state index < -0.39 is 5.60 Å². The molecule has 0 spiro atoms. The van der Waals surface area contributed by atoms with Crippen molar-refractivity contribution in [3.63, 3.8) is 0 Å². The fraction of sp³-hybridized carbons (Fsp3) is 0.882. The Morgan fingerprint density at radius 2 is 1.58 bits per heavy atom. The van der Waals surface area contributed by atoms with Crippen LogP contribution in [0.4, 0.5) is 0 Å². The minimum Gasteiger partial charge on any atom is -1.00 e. The molecule has 0 amide bonds. The molecule has 0 atom stereocenters. The second kappa shape index (κ2) is 21.6. The number of rotatable bonds is 4. The summed E-state index contributed by atoms with van der Waals surface area (Å²) in [6, 6.07) is 0. The quantitative estimate of drug-likeness (QED) is 0.276. The first-order chi connectivity index (χ1) is 9.95. The van der Waals surface area contributed by atoms with Crippen molar-refractivity contribution in [2.45, 2.75) is 70.8 Å². The van der Waals surface area contributed by atoms with Gasteiger partial charge in [-0.05, 0) is 58.8 Å². The zero-order chi connectivity index (χ0) is 16.0. The van der Waals surface area contributed by atoms with Crippen LogP contribution < -0.4 is 17.0 Å². The van der Waals surface area contributed by atoms with Crippen molar-refractivity contribution >= 4 is 29.0 Å². The molecule has 7 heteroatoms. The van der Waals surface area contributed by atoms with E-state index in [9.17, 15) is 4.79 Å². The van der Waals surface area contributed by atoms with Gasteiger partial charge in [0.05, 0.1) is 12.2 Å². The molecule has 2 saturated heterocycles. The summed E-state index contributed by atoms with van der Waals surface area (Å²) in [6.45, 7) is 6.43. The summed E-state index contributed by atoms with van der Waals surface area (Å²) >= 11 is 0. The second-order valence-corrected chi connectivity index (χ2v) is 5.99. The maximum Gasteiger partial charge on any atom is 2.00 e. The van der Waals surface area contributed by atoms with Gasteiger partial charge in [-0.15, -0.1) is 0 Å². The zero-order valence-corrected chi connectivity index (χ0v) is 18.7. The Morgan fingerprint density at radius 3 is 1.83 bits per heavy atom. The number of carbonyl (C=O) groups excluding carboxylic acids is 1. The van der Waals surface area contributed by atoms with E-state index in [0.29, 0.717) is 13.0 Å². The second-order valence-electron chi connectivity index (χ2n) is 5.99. The van der Waals surface area contributed by atoms with Gasteiger partial charge in [0, 0.05) is 26.2 Å². The first kappa shape index (κ1) is 32.3. The molecule has 5 nitrogen and oxygen atoms in total. The molecule has 0 aromatic rings. The fourth-order valence-electron chi connectivity index (χ4n) is 1.81. The van der Waals surface area contributed by atoms with Crippen LogP contribution in [0.1, 0.15) is 65.2 Å². The molecule has 2 aliphatic rings. The molecule has 2 fully saturated rings. The van der Waals surface area contributed by atoms with E-state index in [1.165, 1.54) is 12.8 Å². The van der Waals surface area contributed by atoms with Crippen LogP contribution in [0.3, 0.4) is 0 Å². The van der Waals surface area contributed by atoms with Gasteiger partial charge in [0.25, 0.3) is 0 Å². The topological polar surface area (TPSA) is 76.0 Å². The van der Waals surface area contributed by atoms with E-state index in [1.807, 2.05) is 0 Å². The maximum atomic E-state index is 10.2. The van der Waals surface area contributed by atoms with Crippen LogP contribution in [-0.2, 0) is 14.3 Å². The van der Waals surface area contributed by atoms with Crippen LogP contribution in [-0.4, -0.2) is 71.3 Å². The van der Waals surface area contributed by atoms with Crippen LogP contribution in [0.5, 0.6) is 0 Å². The minimum atomic E-state index is -0.560. The van der Waals surface area contributed by atoms with Gasteiger partial charge in [0.1, 0.15) is 0 Å². The summed E-state index contributed by atoms with van der Waals surface area (Å²) in [6.07, 6.45) is 7.71. The summed E-state index contributed by atoms with van der Waals surface area (Å²) in [7, 11) is 0. The van der Waals surface area contributed by atoms with Crippen LogP contribution in [0.25, 0.3) is 0 Å². The number of cyclic esters (lactones) is 1. The summed E-state index contributed by atoms with van der Waals surface area (Å²) in [5.74, 6) is -0.0359. The maximum absolute atomic E-state index is 10.2. The molecule has 0 saturated carbocycles. The number of ether oxygens (including phenoxy) is 2. The summed E-state index contributed by atoms with van der Waals surface area (Å²) in [5, 5.41) is 17.5. The molecule has 0 radical (unpaired) electrons. The van der Waals surface area contributed by atoms with Crippen molar-refractivity contribution in [1.29, 1.82) is 0 Å². The molecule has 2 heterocycles. The Labute approximate surface area is 174 Å². The Bertz CT molecular complexity index is 240.